The third-order valence-electron chi connectivity index (χ3n) is 4.26. The zero-order valence-electron chi connectivity index (χ0n) is 16.6. The van der Waals surface area contributed by atoms with Crippen LogP contribution in [0.1, 0.15) is 27.0 Å². The Balaban J connectivity index is 1.78. The first-order chi connectivity index (χ1) is 14.5. The van der Waals surface area contributed by atoms with Crippen LogP contribution in [0.5, 0.6) is 0 Å². The molecule has 0 unspecified atom stereocenters. The van der Waals surface area contributed by atoms with Crippen molar-refractivity contribution in [3.63, 3.8) is 0 Å². The molecular weight excluding hydrogens is 400 g/mol. The standard InChI is InChI=1S/C22H22N4O3S/c1-3-23-22(29)25-16-9-6-8-15(14-16)24-20(27)17-10-4-5-11-18(17)26(2)21(28)19-12-7-13-30-19/h4-14H,3H2,1-2H3,(H,24,27)(H2,23,25,29). The van der Waals surface area contributed by atoms with Gasteiger partial charge < -0.3 is 20.9 Å². The summed E-state index contributed by atoms with van der Waals surface area (Å²) in [6.45, 7) is 2.34. The van der Waals surface area contributed by atoms with Crippen LogP contribution < -0.4 is 20.9 Å². The van der Waals surface area contributed by atoms with Gasteiger partial charge in [-0.15, -0.1) is 11.3 Å². The minimum Gasteiger partial charge on any atom is -0.338 e. The van der Waals surface area contributed by atoms with E-state index >= 15 is 0 Å². The number of nitrogens with zero attached hydrogens (tertiary/aromatic N) is 1. The summed E-state index contributed by atoms with van der Waals surface area (Å²) in [5.74, 6) is -0.537. The van der Waals surface area contributed by atoms with Crippen LogP contribution in [0.15, 0.2) is 66.0 Å². The van der Waals surface area contributed by atoms with E-state index < -0.39 is 0 Å². The fourth-order valence-electron chi connectivity index (χ4n) is 2.84. The molecule has 0 atom stereocenters. The lowest BCUT2D eigenvalue weighted by Crippen LogP contribution is -2.28. The number of hydrogen-bond donors (Lipinski definition) is 3. The maximum Gasteiger partial charge on any atom is 0.319 e. The topological polar surface area (TPSA) is 90.5 Å². The predicted molar refractivity (Wildman–Crippen MR) is 121 cm³/mol. The van der Waals surface area contributed by atoms with Gasteiger partial charge in [0.05, 0.1) is 16.1 Å². The smallest absolute Gasteiger partial charge is 0.319 e. The van der Waals surface area contributed by atoms with Crippen LogP contribution in [0.4, 0.5) is 21.9 Å². The highest BCUT2D eigenvalue weighted by atomic mass is 32.1. The van der Waals surface area contributed by atoms with Crippen LogP contribution in [0.3, 0.4) is 0 Å². The largest absolute Gasteiger partial charge is 0.338 e. The zero-order valence-corrected chi connectivity index (χ0v) is 17.5. The number of anilines is 3. The van der Waals surface area contributed by atoms with E-state index in [1.165, 1.54) is 16.2 Å². The van der Waals surface area contributed by atoms with Gasteiger partial charge in [0.2, 0.25) is 0 Å². The molecule has 0 fully saturated rings. The van der Waals surface area contributed by atoms with E-state index in [9.17, 15) is 14.4 Å². The van der Waals surface area contributed by atoms with Gasteiger partial charge in [-0.2, -0.15) is 0 Å². The molecule has 0 saturated carbocycles. The summed E-state index contributed by atoms with van der Waals surface area (Å²) >= 11 is 1.35. The van der Waals surface area contributed by atoms with Gasteiger partial charge in [0.15, 0.2) is 0 Å². The molecule has 0 aliphatic heterocycles. The fraction of sp³-hybridized carbons (Fsp3) is 0.136. The molecule has 4 amide bonds. The number of amides is 4. The number of carbonyl (C=O) groups excluding carboxylic acids is 3. The number of nitrogens with one attached hydrogen (secondary N) is 3. The Morgan fingerprint density at radius 2 is 1.67 bits per heavy atom. The van der Waals surface area contributed by atoms with E-state index in [0.717, 1.165) is 0 Å². The molecule has 2 aromatic carbocycles. The second kappa shape index (κ2) is 9.71. The molecule has 3 aromatic rings. The molecule has 3 rings (SSSR count). The number of carbonyl (C=O) groups is 3. The van der Waals surface area contributed by atoms with Crippen molar-refractivity contribution in [3.05, 3.63) is 76.5 Å². The van der Waals surface area contributed by atoms with Gasteiger partial charge in [-0.05, 0) is 48.7 Å². The molecule has 0 spiro atoms. The first-order valence-corrected chi connectivity index (χ1v) is 10.2. The molecule has 1 aromatic heterocycles. The molecule has 0 aliphatic rings. The molecule has 1 heterocycles. The molecule has 8 heteroatoms. The Morgan fingerprint density at radius 3 is 2.37 bits per heavy atom. The van der Waals surface area contributed by atoms with Crippen LogP contribution in [-0.2, 0) is 0 Å². The maximum atomic E-state index is 12.9. The number of hydrogen-bond acceptors (Lipinski definition) is 4. The van der Waals surface area contributed by atoms with Crippen molar-refractivity contribution in [2.75, 3.05) is 29.1 Å². The minimum atomic E-state index is -0.355. The van der Waals surface area contributed by atoms with Gasteiger partial charge in [0, 0.05) is 25.0 Å². The summed E-state index contributed by atoms with van der Waals surface area (Å²) in [4.78, 5) is 39.4. The van der Waals surface area contributed by atoms with Gasteiger partial charge in [-0.25, -0.2) is 4.79 Å². The molecule has 0 aliphatic carbocycles. The van der Waals surface area contributed by atoms with Crippen molar-refractivity contribution in [3.8, 4) is 0 Å². The number of benzene rings is 2. The van der Waals surface area contributed by atoms with Crippen LogP contribution in [0.25, 0.3) is 0 Å². The second-order valence-corrected chi connectivity index (χ2v) is 7.33. The first kappa shape index (κ1) is 21.1. The second-order valence-electron chi connectivity index (χ2n) is 6.38. The Hall–Kier alpha value is -3.65. The molecular formula is C22H22N4O3S. The highest BCUT2D eigenvalue weighted by molar-refractivity contribution is 7.12. The maximum absolute atomic E-state index is 12.9. The average Bonchev–Trinajstić information content (AvgIpc) is 3.28. The number of rotatable bonds is 6. The third-order valence-corrected chi connectivity index (χ3v) is 5.12. The number of thiophene rings is 1. The first-order valence-electron chi connectivity index (χ1n) is 9.36. The lowest BCUT2D eigenvalue weighted by molar-refractivity contribution is 0.0996. The molecule has 0 bridgehead atoms. The van der Waals surface area contributed by atoms with Crippen molar-refractivity contribution in [2.45, 2.75) is 6.92 Å². The van der Waals surface area contributed by atoms with Gasteiger partial charge in [0.25, 0.3) is 11.8 Å². The highest BCUT2D eigenvalue weighted by Crippen LogP contribution is 2.24. The van der Waals surface area contributed by atoms with E-state index in [2.05, 4.69) is 16.0 Å². The Kier molecular flexibility index (Phi) is 6.82. The SMILES string of the molecule is CCNC(=O)Nc1cccc(NC(=O)c2ccccc2N(C)C(=O)c2cccs2)c1. The lowest BCUT2D eigenvalue weighted by Gasteiger charge is -2.20. The van der Waals surface area contributed by atoms with Crippen molar-refractivity contribution in [1.29, 1.82) is 0 Å². The molecule has 0 saturated heterocycles. The van der Waals surface area contributed by atoms with E-state index in [4.69, 9.17) is 0 Å². The van der Waals surface area contributed by atoms with Gasteiger partial charge in [-0.3, -0.25) is 9.59 Å². The molecule has 7 nitrogen and oxygen atoms in total. The van der Waals surface area contributed by atoms with Crippen molar-refractivity contribution < 1.29 is 14.4 Å². The van der Waals surface area contributed by atoms with Crippen molar-refractivity contribution in [2.24, 2.45) is 0 Å². The number of urea groups is 1. The quantitative estimate of drug-likeness (QED) is 0.549. The summed E-state index contributed by atoms with van der Waals surface area (Å²) in [5.41, 5.74) is 1.95. The predicted octanol–water partition coefficient (Wildman–Crippen LogP) is 4.42. The number of para-hydroxylation sites is 1. The van der Waals surface area contributed by atoms with Gasteiger partial charge in [0.1, 0.15) is 0 Å². The van der Waals surface area contributed by atoms with E-state index in [0.29, 0.717) is 34.0 Å². The Morgan fingerprint density at radius 1 is 0.933 bits per heavy atom. The van der Waals surface area contributed by atoms with E-state index in [1.807, 2.05) is 18.4 Å². The summed E-state index contributed by atoms with van der Waals surface area (Å²) in [6, 6.07) is 17.0. The average molecular weight is 423 g/mol. The van der Waals surface area contributed by atoms with Gasteiger partial charge in [-0.1, -0.05) is 24.3 Å². The monoisotopic (exact) mass is 422 g/mol. The van der Waals surface area contributed by atoms with Crippen LogP contribution in [-0.4, -0.2) is 31.4 Å². The van der Waals surface area contributed by atoms with Crippen LogP contribution in [0, 0.1) is 0 Å². The fourth-order valence-corrected chi connectivity index (χ4v) is 3.54. The van der Waals surface area contributed by atoms with E-state index in [-0.39, 0.29) is 17.8 Å². The summed E-state index contributed by atoms with van der Waals surface area (Å²) < 4.78 is 0. The van der Waals surface area contributed by atoms with Crippen LogP contribution >= 0.6 is 11.3 Å². The molecule has 0 radical (unpaired) electrons. The normalized spacial score (nSPS) is 10.2. The summed E-state index contributed by atoms with van der Waals surface area (Å²) in [7, 11) is 1.64. The molecule has 3 N–H and O–H groups in total. The molecule has 30 heavy (non-hydrogen) atoms. The van der Waals surface area contributed by atoms with Crippen molar-refractivity contribution >= 4 is 46.2 Å². The zero-order chi connectivity index (χ0) is 21.5. The highest BCUT2D eigenvalue weighted by Gasteiger charge is 2.20. The van der Waals surface area contributed by atoms with Crippen molar-refractivity contribution in [1.82, 2.24) is 5.32 Å². The van der Waals surface area contributed by atoms with Crippen LogP contribution in [0.2, 0.25) is 0 Å². The Bertz CT molecular complexity index is 1050. The van der Waals surface area contributed by atoms with Gasteiger partial charge >= 0.3 is 6.03 Å². The summed E-state index contributed by atoms with van der Waals surface area (Å²) in [6.07, 6.45) is 0. The lowest BCUT2D eigenvalue weighted by atomic mass is 10.1. The summed E-state index contributed by atoms with van der Waals surface area (Å²) in [5, 5.41) is 10.0. The van der Waals surface area contributed by atoms with E-state index in [1.54, 1.807) is 61.6 Å². The molecule has 154 valence electrons. The third kappa shape index (κ3) is 5.03. The Labute approximate surface area is 178 Å². The minimum absolute atomic E-state index is 0.182.